The van der Waals surface area contributed by atoms with Gasteiger partial charge in [-0.05, 0) is 43.6 Å². The maximum Gasteiger partial charge on any atom is 0.191 e. The normalized spacial score (nSPS) is 14.7. The SMILES string of the molecule is CCNC(=NCc1nccc2ccccc12)NCCCOCC1CC1. The molecule has 1 aliphatic carbocycles. The molecular formula is C20H28N4O. The number of aromatic nitrogens is 1. The largest absolute Gasteiger partial charge is 0.381 e. The minimum Gasteiger partial charge on any atom is -0.381 e. The molecule has 0 amide bonds. The van der Waals surface area contributed by atoms with Gasteiger partial charge < -0.3 is 15.4 Å². The maximum atomic E-state index is 5.67. The number of fused-ring (bicyclic) bond motifs is 1. The maximum absolute atomic E-state index is 5.67. The number of guanidine groups is 1. The standard InChI is InChI=1S/C20H28N4O/c1-2-21-20(23-11-5-13-25-15-16-8-9-16)24-14-19-18-7-4-3-6-17(18)10-12-22-19/h3-4,6-7,10,12,16H,2,5,8-9,11,13-15H2,1H3,(H2,21,23,24). The molecule has 0 aliphatic heterocycles. The molecule has 5 heteroatoms. The summed E-state index contributed by atoms with van der Waals surface area (Å²) in [4.78, 5) is 9.18. The summed E-state index contributed by atoms with van der Waals surface area (Å²) in [6.07, 6.45) is 5.53. The quantitative estimate of drug-likeness (QED) is 0.418. The van der Waals surface area contributed by atoms with E-state index in [1.54, 1.807) is 0 Å². The van der Waals surface area contributed by atoms with E-state index in [4.69, 9.17) is 4.74 Å². The fourth-order valence-electron chi connectivity index (χ4n) is 2.72. The molecule has 0 spiro atoms. The smallest absolute Gasteiger partial charge is 0.191 e. The second-order valence-corrected chi connectivity index (χ2v) is 6.47. The summed E-state index contributed by atoms with van der Waals surface area (Å²) in [5, 5.41) is 9.03. The first-order valence-corrected chi connectivity index (χ1v) is 9.29. The Morgan fingerprint density at radius 3 is 2.96 bits per heavy atom. The lowest BCUT2D eigenvalue weighted by Gasteiger charge is -2.11. The van der Waals surface area contributed by atoms with Crippen molar-refractivity contribution < 1.29 is 4.74 Å². The van der Waals surface area contributed by atoms with Gasteiger partial charge in [-0.15, -0.1) is 0 Å². The van der Waals surface area contributed by atoms with Gasteiger partial charge in [0.1, 0.15) is 0 Å². The summed E-state index contributed by atoms with van der Waals surface area (Å²) in [5.41, 5.74) is 1.00. The molecule has 0 atom stereocenters. The van der Waals surface area contributed by atoms with Gasteiger partial charge in [-0.3, -0.25) is 4.98 Å². The van der Waals surface area contributed by atoms with Gasteiger partial charge in [0.15, 0.2) is 5.96 Å². The third kappa shape index (κ3) is 5.71. The van der Waals surface area contributed by atoms with Crippen LogP contribution < -0.4 is 10.6 Å². The van der Waals surface area contributed by atoms with Gasteiger partial charge >= 0.3 is 0 Å². The summed E-state index contributed by atoms with van der Waals surface area (Å²) < 4.78 is 5.67. The van der Waals surface area contributed by atoms with E-state index < -0.39 is 0 Å². The second-order valence-electron chi connectivity index (χ2n) is 6.47. The van der Waals surface area contributed by atoms with Crippen LogP contribution in [0.3, 0.4) is 0 Å². The molecule has 1 fully saturated rings. The zero-order valence-corrected chi connectivity index (χ0v) is 15.0. The fraction of sp³-hybridized carbons (Fsp3) is 0.500. The zero-order valence-electron chi connectivity index (χ0n) is 15.0. The van der Waals surface area contributed by atoms with E-state index in [1.165, 1.54) is 18.2 Å². The number of aliphatic imine (C=N–C) groups is 1. The molecule has 1 aromatic heterocycles. The predicted octanol–water partition coefficient (Wildman–Crippen LogP) is 3.11. The van der Waals surface area contributed by atoms with Gasteiger partial charge in [-0.2, -0.15) is 0 Å². The van der Waals surface area contributed by atoms with Crippen LogP contribution in [0.4, 0.5) is 0 Å². The van der Waals surface area contributed by atoms with Crippen LogP contribution in [0.15, 0.2) is 41.5 Å². The zero-order chi connectivity index (χ0) is 17.3. The first-order valence-electron chi connectivity index (χ1n) is 9.29. The molecule has 2 N–H and O–H groups in total. The Bertz CT molecular complexity index is 692. The van der Waals surface area contributed by atoms with E-state index in [-0.39, 0.29) is 0 Å². The molecule has 0 radical (unpaired) electrons. The highest BCUT2D eigenvalue weighted by Gasteiger charge is 2.20. The highest BCUT2D eigenvalue weighted by atomic mass is 16.5. The van der Waals surface area contributed by atoms with E-state index >= 15 is 0 Å². The average molecular weight is 340 g/mol. The molecule has 5 nitrogen and oxygen atoms in total. The van der Waals surface area contributed by atoms with Crippen LogP contribution in [0, 0.1) is 5.92 Å². The Morgan fingerprint density at radius 2 is 2.12 bits per heavy atom. The number of ether oxygens (including phenoxy) is 1. The third-order valence-electron chi connectivity index (χ3n) is 4.30. The molecule has 134 valence electrons. The molecule has 2 aromatic rings. The van der Waals surface area contributed by atoms with Crippen LogP contribution in [0.2, 0.25) is 0 Å². The summed E-state index contributed by atoms with van der Waals surface area (Å²) in [6, 6.07) is 10.3. The lowest BCUT2D eigenvalue weighted by Crippen LogP contribution is -2.38. The number of hydrogen-bond donors (Lipinski definition) is 2. The van der Waals surface area contributed by atoms with Crippen molar-refractivity contribution in [3.63, 3.8) is 0 Å². The molecule has 1 saturated carbocycles. The Balaban J connectivity index is 1.50. The van der Waals surface area contributed by atoms with Gasteiger partial charge in [0.2, 0.25) is 0 Å². The van der Waals surface area contributed by atoms with E-state index in [2.05, 4.69) is 39.7 Å². The first kappa shape index (κ1) is 17.7. The van der Waals surface area contributed by atoms with Crippen LogP contribution in [0.1, 0.15) is 31.9 Å². The van der Waals surface area contributed by atoms with Gasteiger partial charge in [0, 0.05) is 37.9 Å². The van der Waals surface area contributed by atoms with Crippen LogP contribution in [0.25, 0.3) is 10.8 Å². The van der Waals surface area contributed by atoms with Crippen molar-refractivity contribution in [3.05, 3.63) is 42.2 Å². The van der Waals surface area contributed by atoms with Gasteiger partial charge in [0.05, 0.1) is 12.2 Å². The molecule has 0 unspecified atom stereocenters. The van der Waals surface area contributed by atoms with Crippen molar-refractivity contribution in [1.29, 1.82) is 0 Å². The van der Waals surface area contributed by atoms with Gasteiger partial charge in [0.25, 0.3) is 0 Å². The summed E-state index contributed by atoms with van der Waals surface area (Å²) in [6.45, 7) is 6.09. The minimum atomic E-state index is 0.564. The number of benzene rings is 1. The predicted molar refractivity (Wildman–Crippen MR) is 103 cm³/mol. The molecule has 1 heterocycles. The summed E-state index contributed by atoms with van der Waals surface area (Å²) in [5.74, 6) is 1.67. The van der Waals surface area contributed by atoms with Gasteiger partial charge in [-0.1, -0.05) is 24.3 Å². The first-order chi connectivity index (χ1) is 12.4. The Morgan fingerprint density at radius 1 is 1.24 bits per heavy atom. The highest BCUT2D eigenvalue weighted by Crippen LogP contribution is 2.28. The highest BCUT2D eigenvalue weighted by molar-refractivity contribution is 5.85. The number of hydrogen-bond acceptors (Lipinski definition) is 3. The number of nitrogens with zero attached hydrogens (tertiary/aromatic N) is 2. The topological polar surface area (TPSA) is 58.5 Å². The summed E-state index contributed by atoms with van der Waals surface area (Å²) in [7, 11) is 0. The molecule has 0 bridgehead atoms. The van der Waals surface area contributed by atoms with Gasteiger partial charge in [-0.25, -0.2) is 4.99 Å². The van der Waals surface area contributed by atoms with E-state index in [9.17, 15) is 0 Å². The lowest BCUT2D eigenvalue weighted by atomic mass is 10.1. The third-order valence-corrected chi connectivity index (χ3v) is 4.30. The fourth-order valence-corrected chi connectivity index (χ4v) is 2.72. The minimum absolute atomic E-state index is 0.564. The number of pyridine rings is 1. The van der Waals surface area contributed by atoms with Crippen molar-refractivity contribution in [2.45, 2.75) is 32.7 Å². The second kappa shape index (κ2) is 9.37. The van der Waals surface area contributed by atoms with Crippen LogP contribution in [-0.2, 0) is 11.3 Å². The lowest BCUT2D eigenvalue weighted by molar-refractivity contribution is 0.123. The Kier molecular flexibility index (Phi) is 6.63. The number of nitrogens with one attached hydrogen (secondary N) is 2. The van der Waals surface area contributed by atoms with Crippen molar-refractivity contribution in [2.24, 2.45) is 10.9 Å². The van der Waals surface area contributed by atoms with E-state index in [0.717, 1.165) is 55.7 Å². The van der Waals surface area contributed by atoms with Crippen molar-refractivity contribution in [3.8, 4) is 0 Å². The van der Waals surface area contributed by atoms with E-state index in [0.29, 0.717) is 6.54 Å². The van der Waals surface area contributed by atoms with E-state index in [1.807, 2.05) is 24.4 Å². The monoisotopic (exact) mass is 340 g/mol. The van der Waals surface area contributed by atoms with Crippen molar-refractivity contribution >= 4 is 16.7 Å². The van der Waals surface area contributed by atoms with Crippen molar-refractivity contribution in [2.75, 3.05) is 26.3 Å². The molecular weight excluding hydrogens is 312 g/mol. The van der Waals surface area contributed by atoms with Crippen molar-refractivity contribution in [1.82, 2.24) is 15.6 Å². The average Bonchev–Trinajstić information content (AvgIpc) is 3.46. The van der Waals surface area contributed by atoms with Crippen LogP contribution in [0.5, 0.6) is 0 Å². The molecule has 3 rings (SSSR count). The molecule has 0 saturated heterocycles. The van der Waals surface area contributed by atoms with Crippen LogP contribution in [-0.4, -0.2) is 37.2 Å². The Labute approximate surface area is 149 Å². The summed E-state index contributed by atoms with van der Waals surface area (Å²) >= 11 is 0. The molecule has 1 aromatic carbocycles. The number of rotatable bonds is 9. The molecule has 25 heavy (non-hydrogen) atoms. The molecule has 1 aliphatic rings. The Hall–Kier alpha value is -2.14. The van der Waals surface area contributed by atoms with Crippen LogP contribution >= 0.6 is 0 Å².